The number of hydrogen-bond acceptors (Lipinski definition) is 6. The van der Waals surface area contributed by atoms with E-state index in [0.29, 0.717) is 11.1 Å². The molecule has 9 nitrogen and oxygen atoms in total. The molecule has 31 heavy (non-hydrogen) atoms. The summed E-state index contributed by atoms with van der Waals surface area (Å²) in [5.74, 6) is -1.64. The molecule has 2 aromatic rings. The normalized spacial score (nSPS) is 13.2. The number of ether oxygens (including phenoxy) is 1. The minimum atomic E-state index is -1.38. The topological polar surface area (TPSA) is 155 Å². The number of hydrogen-bond donors (Lipinski definition) is 4. The second kappa shape index (κ2) is 11.3. The molecule has 0 bridgehead atoms. The molecule has 0 aromatic heterocycles. The highest BCUT2D eigenvalue weighted by molar-refractivity contribution is 5.91. The summed E-state index contributed by atoms with van der Waals surface area (Å²) in [5.41, 5.74) is 7.02. The van der Waals surface area contributed by atoms with E-state index in [2.05, 4.69) is 10.6 Å². The highest BCUT2D eigenvalue weighted by Crippen LogP contribution is 2.11. The number of alkyl carbamates (subject to hydrolysis) is 1. The van der Waals surface area contributed by atoms with Crippen LogP contribution in [0.5, 0.6) is 0 Å². The summed E-state index contributed by atoms with van der Waals surface area (Å²) in [4.78, 5) is 36.6. The van der Waals surface area contributed by atoms with Gasteiger partial charge in [0.1, 0.15) is 18.7 Å². The van der Waals surface area contributed by atoms with Crippen molar-refractivity contribution in [2.75, 3.05) is 0 Å². The van der Waals surface area contributed by atoms with Crippen molar-refractivity contribution in [1.29, 1.82) is 5.26 Å². The average Bonchev–Trinajstić information content (AvgIpc) is 2.76. The minimum Gasteiger partial charge on any atom is -0.445 e. The Bertz CT molecular complexity index is 956. The maximum Gasteiger partial charge on any atom is 0.408 e. The van der Waals surface area contributed by atoms with Crippen LogP contribution in [0, 0.1) is 11.3 Å². The number of amides is 3. The van der Waals surface area contributed by atoms with Gasteiger partial charge in [0, 0.05) is 6.42 Å². The van der Waals surface area contributed by atoms with Gasteiger partial charge in [-0.1, -0.05) is 48.5 Å². The second-order valence-corrected chi connectivity index (χ2v) is 6.86. The first-order valence-corrected chi connectivity index (χ1v) is 9.54. The van der Waals surface area contributed by atoms with Gasteiger partial charge in [-0.2, -0.15) is 5.26 Å². The number of carbonyl (C=O) groups is 3. The second-order valence-electron chi connectivity index (χ2n) is 6.86. The molecule has 2 rings (SSSR count). The van der Waals surface area contributed by atoms with Gasteiger partial charge >= 0.3 is 6.09 Å². The van der Waals surface area contributed by atoms with Crippen LogP contribution >= 0.6 is 0 Å². The third-order valence-corrected chi connectivity index (χ3v) is 4.47. The first kappa shape index (κ1) is 23.4. The number of primary amides is 1. The van der Waals surface area contributed by atoms with E-state index in [-0.39, 0.29) is 13.0 Å². The van der Waals surface area contributed by atoms with Gasteiger partial charge in [0.2, 0.25) is 11.8 Å². The lowest BCUT2D eigenvalue weighted by Crippen LogP contribution is -2.57. The van der Waals surface area contributed by atoms with E-state index >= 15 is 0 Å². The number of nitriles is 1. The zero-order chi connectivity index (χ0) is 22.8. The van der Waals surface area contributed by atoms with Gasteiger partial charge in [-0.25, -0.2) is 4.79 Å². The fourth-order valence-corrected chi connectivity index (χ4v) is 2.81. The predicted molar refractivity (Wildman–Crippen MR) is 111 cm³/mol. The fourth-order valence-electron chi connectivity index (χ4n) is 2.81. The Labute approximate surface area is 179 Å². The Hall–Kier alpha value is -3.90. The van der Waals surface area contributed by atoms with Gasteiger partial charge in [0.05, 0.1) is 17.7 Å². The van der Waals surface area contributed by atoms with Crippen molar-refractivity contribution in [3.8, 4) is 6.07 Å². The Morgan fingerprint density at radius 3 is 2.35 bits per heavy atom. The molecule has 0 saturated heterocycles. The zero-order valence-corrected chi connectivity index (χ0v) is 16.9. The molecule has 0 fully saturated rings. The molecular weight excluding hydrogens is 400 g/mol. The van der Waals surface area contributed by atoms with E-state index < -0.39 is 36.1 Å². The lowest BCUT2D eigenvalue weighted by atomic mass is 10.00. The van der Waals surface area contributed by atoms with Crippen molar-refractivity contribution in [3.63, 3.8) is 0 Å². The summed E-state index contributed by atoms with van der Waals surface area (Å²) in [6.07, 6.45) is -2.20. The molecule has 162 valence electrons. The average molecular weight is 424 g/mol. The van der Waals surface area contributed by atoms with Gasteiger partial charge in [0.25, 0.3) is 0 Å². The number of carbonyl (C=O) groups excluding carboxylic acids is 3. The van der Waals surface area contributed by atoms with E-state index in [4.69, 9.17) is 10.5 Å². The number of nitrogens with one attached hydrogen (secondary N) is 2. The van der Waals surface area contributed by atoms with Crippen molar-refractivity contribution >= 4 is 17.9 Å². The maximum atomic E-state index is 12.6. The summed E-state index contributed by atoms with van der Waals surface area (Å²) in [6.45, 7) is 1.29. The molecule has 0 aliphatic rings. The van der Waals surface area contributed by atoms with E-state index in [1.165, 1.54) is 6.92 Å². The molecule has 3 atom stereocenters. The Kier molecular flexibility index (Phi) is 8.54. The molecule has 0 heterocycles. The highest BCUT2D eigenvalue weighted by Gasteiger charge is 2.30. The summed E-state index contributed by atoms with van der Waals surface area (Å²) >= 11 is 0. The van der Waals surface area contributed by atoms with Crippen LogP contribution in [0.4, 0.5) is 4.79 Å². The molecule has 2 aromatic carbocycles. The molecule has 3 amide bonds. The minimum absolute atomic E-state index is 0.0181. The van der Waals surface area contributed by atoms with Gasteiger partial charge in [-0.3, -0.25) is 9.59 Å². The standard InChI is InChI=1S/C22H24N4O5/c1-14(27)19(26-22(30)31-13-15-7-3-2-4-8-15)21(29)25-18(20(24)28)11-16-9-5-6-10-17(16)12-23/h2-10,14,18-19,27H,11,13H2,1H3,(H2,24,28)(H,25,29)(H,26,30)/t14-,18+,19+/m1/s1. The molecule has 0 saturated carbocycles. The van der Waals surface area contributed by atoms with Gasteiger partial charge < -0.3 is 26.2 Å². The van der Waals surface area contributed by atoms with E-state index in [1.807, 2.05) is 12.1 Å². The number of rotatable bonds is 9. The molecule has 0 unspecified atom stereocenters. The predicted octanol–water partition coefficient (Wildman–Crippen LogP) is 0.747. The smallest absolute Gasteiger partial charge is 0.408 e. The van der Waals surface area contributed by atoms with Crippen LogP contribution in [0.3, 0.4) is 0 Å². The van der Waals surface area contributed by atoms with Crippen LogP contribution in [-0.2, 0) is 27.4 Å². The SMILES string of the molecule is C[C@@H](O)[C@H](NC(=O)OCc1ccccc1)C(=O)N[C@@H](Cc1ccccc1C#N)C(N)=O. The summed E-state index contributed by atoms with van der Waals surface area (Å²) in [6, 6.07) is 15.0. The fraction of sp³-hybridized carbons (Fsp3) is 0.273. The van der Waals surface area contributed by atoms with Crippen LogP contribution < -0.4 is 16.4 Å². The van der Waals surface area contributed by atoms with Crippen molar-refractivity contribution in [1.82, 2.24) is 10.6 Å². The maximum absolute atomic E-state index is 12.6. The number of nitrogens with zero attached hydrogens (tertiary/aromatic N) is 1. The lowest BCUT2D eigenvalue weighted by Gasteiger charge is -2.23. The van der Waals surface area contributed by atoms with Crippen molar-refractivity contribution in [3.05, 3.63) is 71.3 Å². The summed E-state index contributed by atoms with van der Waals surface area (Å²) < 4.78 is 5.07. The third kappa shape index (κ3) is 7.13. The third-order valence-electron chi connectivity index (χ3n) is 4.47. The summed E-state index contributed by atoms with van der Waals surface area (Å²) in [5, 5.41) is 23.9. The lowest BCUT2D eigenvalue weighted by molar-refractivity contribution is -0.130. The molecule has 0 spiro atoms. The van der Waals surface area contributed by atoms with Crippen LogP contribution in [0.1, 0.15) is 23.6 Å². The number of benzene rings is 2. The van der Waals surface area contributed by atoms with Crippen LogP contribution in [0.25, 0.3) is 0 Å². The Morgan fingerprint density at radius 1 is 1.10 bits per heavy atom. The molecule has 0 aliphatic carbocycles. The molecule has 5 N–H and O–H groups in total. The first-order valence-electron chi connectivity index (χ1n) is 9.54. The molecule has 0 aliphatic heterocycles. The van der Waals surface area contributed by atoms with Gasteiger partial charge in [-0.05, 0) is 24.1 Å². The van der Waals surface area contributed by atoms with Crippen molar-refractivity contribution in [2.45, 2.75) is 38.1 Å². The Morgan fingerprint density at radius 2 is 1.74 bits per heavy atom. The van der Waals surface area contributed by atoms with E-state index in [0.717, 1.165) is 5.56 Å². The molecule has 9 heteroatoms. The first-order chi connectivity index (χ1) is 14.8. The monoisotopic (exact) mass is 424 g/mol. The van der Waals surface area contributed by atoms with E-state index in [1.54, 1.807) is 48.5 Å². The molecular formula is C22H24N4O5. The van der Waals surface area contributed by atoms with E-state index in [9.17, 15) is 24.8 Å². The number of aliphatic hydroxyl groups excluding tert-OH is 1. The van der Waals surface area contributed by atoms with Crippen LogP contribution in [-0.4, -0.2) is 41.2 Å². The van der Waals surface area contributed by atoms with Crippen molar-refractivity contribution in [2.24, 2.45) is 5.73 Å². The summed E-state index contributed by atoms with van der Waals surface area (Å²) in [7, 11) is 0. The van der Waals surface area contributed by atoms with Gasteiger partial charge in [0.15, 0.2) is 0 Å². The Balaban J connectivity index is 2.02. The number of nitrogens with two attached hydrogens (primary N) is 1. The molecule has 0 radical (unpaired) electrons. The quantitative estimate of drug-likeness (QED) is 0.466. The van der Waals surface area contributed by atoms with Crippen LogP contribution in [0.2, 0.25) is 0 Å². The number of aliphatic hydroxyl groups is 1. The largest absolute Gasteiger partial charge is 0.445 e. The highest BCUT2D eigenvalue weighted by atomic mass is 16.5. The van der Waals surface area contributed by atoms with Crippen LogP contribution in [0.15, 0.2) is 54.6 Å². The van der Waals surface area contributed by atoms with Crippen molar-refractivity contribution < 1.29 is 24.2 Å². The zero-order valence-electron chi connectivity index (χ0n) is 16.9. The van der Waals surface area contributed by atoms with Gasteiger partial charge in [-0.15, -0.1) is 0 Å².